The van der Waals surface area contributed by atoms with Crippen molar-refractivity contribution in [3.8, 4) is 16.9 Å². The Hall–Kier alpha value is -2.02. The van der Waals surface area contributed by atoms with E-state index in [1.165, 1.54) is 11.1 Å². The van der Waals surface area contributed by atoms with Crippen LogP contribution >= 0.6 is 11.8 Å². The van der Waals surface area contributed by atoms with E-state index in [4.69, 9.17) is 9.47 Å². The zero-order valence-corrected chi connectivity index (χ0v) is 17.2. The molecule has 1 fully saturated rings. The molecule has 1 aromatic rings. The number of nitrogens with one attached hydrogen (secondary N) is 1. The summed E-state index contributed by atoms with van der Waals surface area (Å²) in [6, 6.07) is 15.7. The molecule has 5 nitrogen and oxygen atoms in total. The van der Waals surface area contributed by atoms with E-state index in [1.807, 2.05) is 38.1 Å². The zero-order chi connectivity index (χ0) is 20.1. The quantitative estimate of drug-likeness (QED) is 0.616. The molecule has 0 spiro atoms. The molecular formula is C22H27NO4S. The van der Waals surface area contributed by atoms with Gasteiger partial charge in [0.1, 0.15) is 17.2 Å². The number of fused-ring (bicyclic) bond motifs is 1. The SMILES string of the molecule is CCOc1ccccc1SC1C[C@@H](C)[C@H](C(NC)C(=O)O)O1.c1cc2cc-2c1. The first-order valence-electron chi connectivity index (χ1n) is 9.58. The van der Waals surface area contributed by atoms with Crippen molar-refractivity contribution >= 4 is 17.7 Å². The minimum Gasteiger partial charge on any atom is -0.493 e. The highest BCUT2D eigenvalue weighted by Gasteiger charge is 2.40. The van der Waals surface area contributed by atoms with Crippen molar-refractivity contribution in [2.45, 2.75) is 42.7 Å². The van der Waals surface area contributed by atoms with Gasteiger partial charge in [-0.05, 0) is 55.6 Å². The lowest BCUT2D eigenvalue weighted by atomic mass is 9.98. The van der Waals surface area contributed by atoms with E-state index in [0.717, 1.165) is 17.1 Å². The first kappa shape index (κ1) is 20.7. The number of hydrogen-bond donors (Lipinski definition) is 2. The van der Waals surface area contributed by atoms with Crippen molar-refractivity contribution in [3.05, 3.63) is 48.5 Å². The molecule has 1 heterocycles. The molecule has 1 saturated heterocycles. The maximum atomic E-state index is 11.3. The smallest absolute Gasteiger partial charge is 0.323 e. The summed E-state index contributed by atoms with van der Waals surface area (Å²) in [5, 5.41) is 12.1. The average Bonchev–Trinajstić information content (AvgIpc) is 3.10. The van der Waals surface area contributed by atoms with Gasteiger partial charge in [0.15, 0.2) is 0 Å². The minimum atomic E-state index is -0.875. The molecule has 2 aliphatic carbocycles. The largest absolute Gasteiger partial charge is 0.493 e. The summed E-state index contributed by atoms with van der Waals surface area (Å²) < 4.78 is 11.6. The third kappa shape index (κ3) is 5.07. The fraction of sp³-hybridized carbons (Fsp3) is 0.409. The van der Waals surface area contributed by atoms with Crippen molar-refractivity contribution in [1.82, 2.24) is 5.32 Å². The van der Waals surface area contributed by atoms with Gasteiger partial charge in [0.25, 0.3) is 0 Å². The molecule has 4 atom stereocenters. The Morgan fingerprint density at radius 3 is 2.54 bits per heavy atom. The summed E-state index contributed by atoms with van der Waals surface area (Å²) >= 11 is 1.60. The second-order valence-corrected chi connectivity index (χ2v) is 8.13. The number of ether oxygens (including phenoxy) is 2. The van der Waals surface area contributed by atoms with Crippen molar-refractivity contribution in [1.29, 1.82) is 0 Å². The Labute approximate surface area is 170 Å². The number of para-hydroxylation sites is 1. The molecule has 0 aromatic heterocycles. The standard InChI is InChI=1S/C16H23NO4S.C6H4/c1-4-20-11-7-5-6-8-12(11)22-13-9-10(2)15(21-13)14(17-3)16(18)19;1-2-5-4-6(5)3-1/h5-8,10,13-15,17H,4,9H2,1-3H3,(H,18,19);1-4H/t10-,13?,14?,15-;/m1./s1. The third-order valence-corrected chi connectivity index (χ3v) is 6.02. The molecule has 0 radical (unpaired) electrons. The maximum absolute atomic E-state index is 11.3. The molecule has 2 unspecified atom stereocenters. The summed E-state index contributed by atoms with van der Waals surface area (Å²) in [7, 11) is 1.65. The van der Waals surface area contributed by atoms with Crippen LogP contribution in [0.3, 0.4) is 0 Å². The number of carbonyl (C=O) groups is 1. The van der Waals surface area contributed by atoms with E-state index in [0.29, 0.717) is 6.61 Å². The van der Waals surface area contributed by atoms with Crippen molar-refractivity contribution in [2.24, 2.45) is 5.92 Å². The Balaban J connectivity index is 0.000000311. The van der Waals surface area contributed by atoms with Crippen LogP contribution in [0.5, 0.6) is 5.75 Å². The molecule has 2 N–H and O–H groups in total. The minimum absolute atomic E-state index is 0.0585. The first-order valence-corrected chi connectivity index (χ1v) is 10.5. The van der Waals surface area contributed by atoms with Gasteiger partial charge < -0.3 is 19.9 Å². The molecule has 0 saturated carbocycles. The second-order valence-electron chi connectivity index (χ2n) is 6.93. The van der Waals surface area contributed by atoms with Crippen LogP contribution in [0.15, 0.2) is 53.4 Å². The fourth-order valence-electron chi connectivity index (χ4n) is 3.35. The third-order valence-electron chi connectivity index (χ3n) is 4.86. The molecular weight excluding hydrogens is 374 g/mol. The van der Waals surface area contributed by atoms with E-state index in [9.17, 15) is 9.90 Å². The van der Waals surface area contributed by atoms with Crippen LogP contribution < -0.4 is 10.1 Å². The fourth-order valence-corrected chi connectivity index (χ4v) is 4.62. The second kappa shape index (κ2) is 9.45. The summed E-state index contributed by atoms with van der Waals surface area (Å²) in [6.07, 6.45) is 0.501. The highest BCUT2D eigenvalue weighted by molar-refractivity contribution is 7.99. The molecule has 6 heteroatoms. The Kier molecular flexibility index (Phi) is 6.99. The van der Waals surface area contributed by atoms with Gasteiger partial charge in [-0.15, -0.1) is 0 Å². The number of carboxylic acids is 1. The zero-order valence-electron chi connectivity index (χ0n) is 16.4. The van der Waals surface area contributed by atoms with Crippen LogP contribution in [-0.4, -0.2) is 42.3 Å². The lowest BCUT2D eigenvalue weighted by Crippen LogP contribution is -2.46. The first-order chi connectivity index (χ1) is 13.5. The van der Waals surface area contributed by atoms with Gasteiger partial charge in [-0.1, -0.05) is 49.0 Å². The van der Waals surface area contributed by atoms with Gasteiger partial charge in [0.2, 0.25) is 0 Å². The van der Waals surface area contributed by atoms with Crippen LogP contribution in [-0.2, 0) is 9.53 Å². The van der Waals surface area contributed by atoms with Crippen LogP contribution in [0, 0.1) is 5.92 Å². The number of benzene rings is 2. The average molecular weight is 402 g/mol. The lowest BCUT2D eigenvalue weighted by Gasteiger charge is -2.22. The Morgan fingerprint density at radius 1 is 1.29 bits per heavy atom. The molecule has 0 amide bonds. The van der Waals surface area contributed by atoms with Crippen molar-refractivity contribution < 1.29 is 19.4 Å². The number of likely N-dealkylation sites (N-methyl/N-ethyl adjacent to an activating group) is 1. The molecule has 3 aliphatic rings. The highest BCUT2D eigenvalue weighted by atomic mass is 32.2. The van der Waals surface area contributed by atoms with Crippen molar-refractivity contribution in [3.63, 3.8) is 0 Å². The molecule has 1 aliphatic heterocycles. The van der Waals surface area contributed by atoms with Gasteiger partial charge >= 0.3 is 5.97 Å². The van der Waals surface area contributed by atoms with Crippen molar-refractivity contribution in [2.75, 3.05) is 13.7 Å². The van der Waals surface area contributed by atoms with Crippen LogP contribution in [0.4, 0.5) is 0 Å². The molecule has 150 valence electrons. The van der Waals surface area contributed by atoms with Crippen LogP contribution in [0.2, 0.25) is 0 Å². The summed E-state index contributed by atoms with van der Waals surface area (Å²) in [4.78, 5) is 12.3. The monoisotopic (exact) mass is 401 g/mol. The molecule has 1 aromatic carbocycles. The van der Waals surface area contributed by atoms with E-state index in [2.05, 4.69) is 29.6 Å². The highest BCUT2D eigenvalue weighted by Crippen LogP contribution is 2.41. The molecule has 4 rings (SSSR count). The molecule has 28 heavy (non-hydrogen) atoms. The van der Waals surface area contributed by atoms with Gasteiger partial charge in [0.05, 0.1) is 17.6 Å². The van der Waals surface area contributed by atoms with Gasteiger partial charge in [-0.25, -0.2) is 0 Å². The summed E-state index contributed by atoms with van der Waals surface area (Å²) in [6.45, 7) is 4.60. The lowest BCUT2D eigenvalue weighted by molar-refractivity contribution is -0.143. The summed E-state index contributed by atoms with van der Waals surface area (Å²) in [5.74, 6) is 0.156. The predicted molar refractivity (Wildman–Crippen MR) is 112 cm³/mol. The van der Waals surface area contributed by atoms with Gasteiger partial charge in [-0.2, -0.15) is 0 Å². The topological polar surface area (TPSA) is 67.8 Å². The Bertz CT molecular complexity index is 795. The predicted octanol–water partition coefficient (Wildman–Crippen LogP) is 4.27. The van der Waals surface area contributed by atoms with E-state index < -0.39 is 12.0 Å². The van der Waals surface area contributed by atoms with E-state index in [-0.39, 0.29) is 17.5 Å². The maximum Gasteiger partial charge on any atom is 0.323 e. The number of carboxylic acid groups (broad SMARTS) is 1. The summed E-state index contributed by atoms with van der Waals surface area (Å²) in [5.41, 5.74) is 2.79. The van der Waals surface area contributed by atoms with Crippen LogP contribution in [0.25, 0.3) is 11.1 Å². The number of thioether (sulfide) groups is 1. The van der Waals surface area contributed by atoms with Gasteiger partial charge in [-0.3, -0.25) is 4.79 Å². The number of aliphatic carboxylic acids is 1. The Morgan fingerprint density at radius 2 is 2.00 bits per heavy atom. The number of rotatable bonds is 7. The molecule has 0 bridgehead atoms. The van der Waals surface area contributed by atoms with E-state index in [1.54, 1.807) is 18.8 Å². The van der Waals surface area contributed by atoms with E-state index >= 15 is 0 Å². The number of hydrogen-bond acceptors (Lipinski definition) is 5. The van der Waals surface area contributed by atoms with Crippen LogP contribution in [0.1, 0.15) is 20.3 Å². The van der Waals surface area contributed by atoms with Gasteiger partial charge in [0, 0.05) is 0 Å². The normalized spacial score (nSPS) is 22.8.